The molecule has 0 aromatic heterocycles. The van der Waals surface area contributed by atoms with Crippen LogP contribution >= 0.6 is 11.6 Å². The molecule has 3 amide bonds. The smallest absolute Gasteiger partial charge is 0.263 e. The Morgan fingerprint density at radius 2 is 1.87 bits per heavy atom. The molecule has 2 aromatic carbocycles. The second-order valence-electron chi connectivity index (χ2n) is 7.43. The van der Waals surface area contributed by atoms with E-state index in [1.54, 1.807) is 37.3 Å². The van der Waals surface area contributed by atoms with Gasteiger partial charge < -0.3 is 5.32 Å². The van der Waals surface area contributed by atoms with Gasteiger partial charge in [-0.05, 0) is 61.7 Å². The topological polar surface area (TPSA) is 94.4 Å². The number of anilines is 2. The van der Waals surface area contributed by atoms with Gasteiger partial charge in [0.05, 0.1) is 5.69 Å². The summed E-state index contributed by atoms with van der Waals surface area (Å²) in [6.07, 6.45) is 0. The lowest BCUT2D eigenvalue weighted by Crippen LogP contribution is -2.43. The molecule has 1 saturated heterocycles. The van der Waals surface area contributed by atoms with Gasteiger partial charge in [0.15, 0.2) is 12.1 Å². The molecule has 2 aromatic rings. The fourth-order valence-corrected chi connectivity index (χ4v) is 3.73. The minimum atomic E-state index is -0.945. The van der Waals surface area contributed by atoms with Crippen molar-refractivity contribution in [1.82, 2.24) is 5.01 Å². The summed E-state index contributed by atoms with van der Waals surface area (Å²) in [4.78, 5) is 39.5. The molecule has 1 fully saturated rings. The van der Waals surface area contributed by atoms with Gasteiger partial charge in [0.1, 0.15) is 6.54 Å². The molecule has 0 spiro atoms. The first-order valence-corrected chi connectivity index (χ1v) is 9.83. The van der Waals surface area contributed by atoms with E-state index in [0.717, 1.165) is 21.6 Å². The Bertz CT molecular complexity index is 1100. The molecule has 2 heterocycles. The van der Waals surface area contributed by atoms with E-state index in [1.807, 2.05) is 19.9 Å². The quantitative estimate of drug-likeness (QED) is 0.761. The Morgan fingerprint density at radius 3 is 2.60 bits per heavy atom. The first kappa shape index (κ1) is 20.0. The normalized spacial score (nSPS) is 20.1. The molecule has 2 aliphatic heterocycles. The summed E-state index contributed by atoms with van der Waals surface area (Å²) in [7, 11) is 0. The van der Waals surface area contributed by atoms with Crippen molar-refractivity contribution in [2.45, 2.75) is 32.9 Å². The Balaban J connectivity index is 1.51. The molecule has 30 heavy (non-hydrogen) atoms. The van der Waals surface area contributed by atoms with Crippen LogP contribution in [0.1, 0.15) is 16.7 Å². The second-order valence-corrected chi connectivity index (χ2v) is 7.84. The summed E-state index contributed by atoms with van der Waals surface area (Å²) in [5.74, 6) is -1.26. The van der Waals surface area contributed by atoms with Gasteiger partial charge in [-0.3, -0.25) is 19.4 Å². The molecule has 2 aliphatic rings. The van der Waals surface area contributed by atoms with E-state index in [0.29, 0.717) is 16.4 Å². The van der Waals surface area contributed by atoms with Crippen molar-refractivity contribution in [2.24, 2.45) is 10.3 Å². The van der Waals surface area contributed by atoms with Crippen LogP contribution in [0.25, 0.3) is 0 Å². The molecule has 8 nitrogen and oxygen atoms in total. The molecule has 0 unspecified atom stereocenters. The average molecular weight is 426 g/mol. The van der Waals surface area contributed by atoms with Crippen LogP contribution in [-0.4, -0.2) is 41.4 Å². The molecule has 0 saturated carbocycles. The van der Waals surface area contributed by atoms with E-state index in [-0.39, 0.29) is 12.5 Å². The Kier molecular flexibility index (Phi) is 5.03. The number of hydrogen-bond donors (Lipinski definition) is 1. The summed E-state index contributed by atoms with van der Waals surface area (Å²) in [6, 6.07) is 8.72. The van der Waals surface area contributed by atoms with E-state index in [1.165, 1.54) is 5.01 Å². The first-order chi connectivity index (χ1) is 14.3. The number of halogens is 1. The zero-order valence-corrected chi connectivity index (χ0v) is 17.5. The number of rotatable bonds is 4. The fourth-order valence-electron chi connectivity index (χ4n) is 3.55. The van der Waals surface area contributed by atoms with E-state index in [4.69, 9.17) is 11.6 Å². The summed E-state index contributed by atoms with van der Waals surface area (Å²) in [5, 5.41) is 12.4. The molecule has 154 valence electrons. The third-order valence-electron chi connectivity index (χ3n) is 5.45. The number of imide groups is 1. The van der Waals surface area contributed by atoms with Crippen molar-refractivity contribution in [3.05, 3.63) is 58.1 Å². The number of fused-ring (bicyclic) bond motifs is 1. The largest absolute Gasteiger partial charge is 0.324 e. The third-order valence-corrected chi connectivity index (χ3v) is 5.86. The highest BCUT2D eigenvalue weighted by Gasteiger charge is 2.55. The Hall–Kier alpha value is -3.26. The number of amides is 3. The summed E-state index contributed by atoms with van der Waals surface area (Å²) in [6.45, 7) is 5.46. The number of carbonyl (C=O) groups excluding carboxylic acids is 3. The third kappa shape index (κ3) is 3.33. The molecule has 0 aliphatic carbocycles. The van der Waals surface area contributed by atoms with Crippen LogP contribution in [-0.2, 0) is 14.4 Å². The highest BCUT2D eigenvalue weighted by atomic mass is 35.5. The predicted molar refractivity (Wildman–Crippen MR) is 112 cm³/mol. The summed E-state index contributed by atoms with van der Waals surface area (Å²) in [5.41, 5.74) is 3.84. The number of aryl methyl sites for hydroxylation is 2. The minimum Gasteiger partial charge on any atom is -0.324 e. The maximum Gasteiger partial charge on any atom is 0.263 e. The van der Waals surface area contributed by atoms with Crippen molar-refractivity contribution < 1.29 is 14.4 Å². The van der Waals surface area contributed by atoms with Crippen molar-refractivity contribution in [3.63, 3.8) is 0 Å². The van der Waals surface area contributed by atoms with Crippen LogP contribution in [0.15, 0.2) is 46.7 Å². The summed E-state index contributed by atoms with van der Waals surface area (Å²) < 4.78 is 0. The molecule has 9 heteroatoms. The maximum absolute atomic E-state index is 13.0. The van der Waals surface area contributed by atoms with Gasteiger partial charge in [0, 0.05) is 10.7 Å². The molecular formula is C21H20ClN5O3. The summed E-state index contributed by atoms with van der Waals surface area (Å²) >= 11 is 6.09. The van der Waals surface area contributed by atoms with Crippen molar-refractivity contribution in [1.29, 1.82) is 0 Å². The van der Waals surface area contributed by atoms with E-state index < -0.39 is 23.9 Å². The van der Waals surface area contributed by atoms with Crippen LogP contribution in [0, 0.1) is 20.8 Å². The molecule has 1 N–H and O–H groups in total. The molecule has 0 radical (unpaired) electrons. The lowest BCUT2D eigenvalue weighted by Gasteiger charge is -2.21. The molecule has 2 atom stereocenters. The van der Waals surface area contributed by atoms with Gasteiger partial charge in [-0.15, -0.1) is 0 Å². The van der Waals surface area contributed by atoms with Crippen LogP contribution in [0.5, 0.6) is 0 Å². The standard InChI is InChI=1S/C21H20ClN5O3/c1-11-7-8-14(9-12(11)2)27-20(29)18-19(21(27)30)26(25-24-18)10-17(28)23-16-6-4-5-15(22)13(16)3/h4-9,18-19H,10H2,1-3H3,(H,23,28)/t18-,19+/m0/s1. The van der Waals surface area contributed by atoms with Gasteiger partial charge in [-0.1, -0.05) is 29.0 Å². The van der Waals surface area contributed by atoms with Crippen molar-refractivity contribution in [2.75, 3.05) is 16.8 Å². The van der Waals surface area contributed by atoms with Crippen LogP contribution < -0.4 is 10.2 Å². The number of benzene rings is 2. The monoisotopic (exact) mass is 425 g/mol. The number of nitrogens with zero attached hydrogens (tertiary/aromatic N) is 4. The van der Waals surface area contributed by atoms with Crippen LogP contribution in [0.4, 0.5) is 11.4 Å². The minimum absolute atomic E-state index is 0.212. The van der Waals surface area contributed by atoms with E-state index in [2.05, 4.69) is 15.7 Å². The zero-order chi connectivity index (χ0) is 21.6. The number of carbonyl (C=O) groups is 3. The van der Waals surface area contributed by atoms with Crippen molar-refractivity contribution in [3.8, 4) is 0 Å². The highest BCUT2D eigenvalue weighted by Crippen LogP contribution is 2.32. The zero-order valence-electron chi connectivity index (χ0n) is 16.7. The lowest BCUT2D eigenvalue weighted by atomic mass is 10.1. The predicted octanol–water partition coefficient (Wildman–Crippen LogP) is 3.20. The van der Waals surface area contributed by atoms with Gasteiger partial charge in [-0.2, -0.15) is 5.11 Å². The molecule has 4 rings (SSSR count). The van der Waals surface area contributed by atoms with Gasteiger partial charge in [0.25, 0.3) is 11.8 Å². The maximum atomic E-state index is 13.0. The Labute approximate surface area is 178 Å². The average Bonchev–Trinajstić information content (AvgIpc) is 3.21. The SMILES string of the molecule is Cc1ccc(N2C(=O)[C@H]3N=NN(CC(=O)Nc4cccc(Cl)c4C)[C@H]3C2=O)cc1C. The highest BCUT2D eigenvalue weighted by molar-refractivity contribution is 6.31. The van der Waals surface area contributed by atoms with Crippen LogP contribution in [0.3, 0.4) is 0 Å². The van der Waals surface area contributed by atoms with Crippen molar-refractivity contribution >= 4 is 40.7 Å². The van der Waals surface area contributed by atoms with Gasteiger partial charge >= 0.3 is 0 Å². The lowest BCUT2D eigenvalue weighted by molar-refractivity contribution is -0.123. The van der Waals surface area contributed by atoms with Gasteiger partial charge in [-0.25, -0.2) is 4.90 Å². The second kappa shape index (κ2) is 7.53. The fraction of sp³-hybridized carbons (Fsp3) is 0.286. The number of nitrogens with one attached hydrogen (secondary N) is 1. The van der Waals surface area contributed by atoms with E-state index in [9.17, 15) is 14.4 Å². The first-order valence-electron chi connectivity index (χ1n) is 9.45. The molecule has 0 bridgehead atoms. The van der Waals surface area contributed by atoms with Crippen LogP contribution in [0.2, 0.25) is 5.02 Å². The Morgan fingerprint density at radius 1 is 1.10 bits per heavy atom. The van der Waals surface area contributed by atoms with Gasteiger partial charge in [0.2, 0.25) is 5.91 Å². The number of hydrogen-bond acceptors (Lipinski definition) is 6. The van der Waals surface area contributed by atoms with E-state index >= 15 is 0 Å². The molecular weight excluding hydrogens is 406 g/mol.